The van der Waals surface area contributed by atoms with Gasteiger partial charge in [-0.15, -0.1) is 0 Å². The monoisotopic (exact) mass is 294 g/mol. The van der Waals surface area contributed by atoms with E-state index in [2.05, 4.69) is 62.8 Å². The lowest BCUT2D eigenvalue weighted by Crippen LogP contribution is -2.13. The van der Waals surface area contributed by atoms with Gasteiger partial charge in [0.15, 0.2) is 0 Å². The Labute approximate surface area is 134 Å². The van der Waals surface area contributed by atoms with Crippen molar-refractivity contribution in [3.8, 4) is 0 Å². The lowest BCUT2D eigenvalue weighted by molar-refractivity contribution is 0.706. The first-order valence-electron chi connectivity index (χ1n) is 8.00. The Kier molecular flexibility index (Phi) is 5.12. The Bertz CT molecular complexity index is 699. The number of hydrogen-bond acceptors (Lipinski definition) is 2. The second-order valence-corrected chi connectivity index (χ2v) is 6.02. The Morgan fingerprint density at radius 3 is 2.45 bits per heavy atom. The van der Waals surface area contributed by atoms with Crippen LogP contribution >= 0.6 is 0 Å². The molecule has 0 saturated carbocycles. The van der Waals surface area contributed by atoms with Crippen molar-refractivity contribution in [2.24, 2.45) is 4.99 Å². The maximum absolute atomic E-state index is 4.65. The minimum absolute atomic E-state index is 0.429. The minimum atomic E-state index is 0.429. The number of pyridine rings is 1. The van der Waals surface area contributed by atoms with Crippen LogP contribution in [0.5, 0.6) is 0 Å². The smallest absolute Gasteiger partial charge is 0.0739 e. The number of nitrogens with zero attached hydrogens (tertiary/aromatic N) is 2. The molecule has 22 heavy (non-hydrogen) atoms. The number of aromatic nitrogens is 1. The van der Waals surface area contributed by atoms with Gasteiger partial charge in [0.05, 0.1) is 11.4 Å². The summed E-state index contributed by atoms with van der Waals surface area (Å²) in [5.41, 5.74) is 8.49. The first-order valence-corrected chi connectivity index (χ1v) is 8.00. The summed E-state index contributed by atoms with van der Waals surface area (Å²) in [6.45, 7) is 10.9. The van der Waals surface area contributed by atoms with Gasteiger partial charge in [0.25, 0.3) is 0 Å². The van der Waals surface area contributed by atoms with Gasteiger partial charge >= 0.3 is 0 Å². The average molecular weight is 294 g/mol. The van der Waals surface area contributed by atoms with Crippen LogP contribution in [0.2, 0.25) is 0 Å². The number of rotatable bonds is 4. The Morgan fingerprint density at radius 1 is 1.14 bits per heavy atom. The second kappa shape index (κ2) is 6.87. The standard InChI is InChI=1S/C20H26N2/c1-7-13(2)19-17(9-8-12-22-19)20(21-6)18-15(4)11-10-14(3)16(18)5/h8-13H,7H2,1-6H3. The van der Waals surface area contributed by atoms with Gasteiger partial charge in [-0.05, 0) is 61.9 Å². The number of aryl methyl sites for hydroxylation is 2. The van der Waals surface area contributed by atoms with Crippen molar-refractivity contribution in [2.45, 2.75) is 47.0 Å². The largest absolute Gasteiger partial charge is 0.287 e. The van der Waals surface area contributed by atoms with Gasteiger partial charge in [-0.3, -0.25) is 9.98 Å². The zero-order chi connectivity index (χ0) is 16.3. The van der Waals surface area contributed by atoms with E-state index in [9.17, 15) is 0 Å². The third-order valence-corrected chi connectivity index (χ3v) is 4.58. The molecular formula is C20H26N2. The van der Waals surface area contributed by atoms with E-state index in [1.807, 2.05) is 19.3 Å². The molecule has 2 rings (SSSR count). The fourth-order valence-electron chi connectivity index (χ4n) is 2.89. The number of hydrogen-bond donors (Lipinski definition) is 0. The predicted octanol–water partition coefficient (Wildman–Crippen LogP) is 4.99. The first kappa shape index (κ1) is 16.4. The first-order chi connectivity index (χ1) is 10.5. The molecule has 0 fully saturated rings. The van der Waals surface area contributed by atoms with E-state index in [0.29, 0.717) is 5.92 Å². The van der Waals surface area contributed by atoms with E-state index in [1.54, 1.807) is 0 Å². The van der Waals surface area contributed by atoms with Gasteiger partial charge in [-0.25, -0.2) is 0 Å². The molecule has 1 aromatic carbocycles. The van der Waals surface area contributed by atoms with Gasteiger partial charge in [0, 0.05) is 24.4 Å². The van der Waals surface area contributed by atoms with Crippen molar-refractivity contribution >= 4 is 5.71 Å². The third kappa shape index (κ3) is 2.96. The van der Waals surface area contributed by atoms with Crippen molar-refractivity contribution in [2.75, 3.05) is 7.05 Å². The van der Waals surface area contributed by atoms with Crippen LogP contribution in [0.3, 0.4) is 0 Å². The molecule has 2 aromatic rings. The summed E-state index contributed by atoms with van der Waals surface area (Å²) in [7, 11) is 1.88. The normalized spacial score (nSPS) is 13.3. The topological polar surface area (TPSA) is 25.2 Å². The third-order valence-electron chi connectivity index (χ3n) is 4.58. The zero-order valence-corrected chi connectivity index (χ0v) is 14.6. The minimum Gasteiger partial charge on any atom is -0.287 e. The van der Waals surface area contributed by atoms with Crippen LogP contribution in [-0.4, -0.2) is 17.7 Å². The molecule has 0 aliphatic rings. The molecule has 0 spiro atoms. The van der Waals surface area contributed by atoms with Crippen molar-refractivity contribution in [1.82, 2.24) is 4.98 Å². The van der Waals surface area contributed by atoms with Crippen molar-refractivity contribution in [1.29, 1.82) is 0 Å². The highest BCUT2D eigenvalue weighted by molar-refractivity contribution is 6.15. The van der Waals surface area contributed by atoms with Gasteiger partial charge in [0.2, 0.25) is 0 Å². The molecular weight excluding hydrogens is 268 g/mol. The van der Waals surface area contributed by atoms with Crippen LogP contribution in [0.25, 0.3) is 0 Å². The summed E-state index contributed by atoms with van der Waals surface area (Å²) in [6.07, 6.45) is 2.96. The van der Waals surface area contributed by atoms with E-state index in [4.69, 9.17) is 0 Å². The van der Waals surface area contributed by atoms with Crippen LogP contribution in [0, 0.1) is 20.8 Å². The van der Waals surface area contributed by atoms with E-state index < -0.39 is 0 Å². The van der Waals surface area contributed by atoms with E-state index in [-0.39, 0.29) is 0 Å². The van der Waals surface area contributed by atoms with Crippen molar-refractivity contribution < 1.29 is 0 Å². The van der Waals surface area contributed by atoms with Gasteiger partial charge in [0.1, 0.15) is 0 Å². The molecule has 0 amide bonds. The van der Waals surface area contributed by atoms with Gasteiger partial charge in [-0.2, -0.15) is 0 Å². The Morgan fingerprint density at radius 2 is 1.82 bits per heavy atom. The fourth-order valence-corrected chi connectivity index (χ4v) is 2.89. The summed E-state index contributed by atoms with van der Waals surface area (Å²) in [6, 6.07) is 8.52. The fraction of sp³-hybridized carbons (Fsp3) is 0.400. The summed E-state index contributed by atoms with van der Waals surface area (Å²) >= 11 is 0. The summed E-state index contributed by atoms with van der Waals surface area (Å²) in [4.78, 5) is 9.29. The predicted molar refractivity (Wildman–Crippen MR) is 95.2 cm³/mol. The number of aliphatic imine (C=N–C) groups is 1. The van der Waals surface area contributed by atoms with Gasteiger partial charge < -0.3 is 0 Å². The summed E-state index contributed by atoms with van der Waals surface area (Å²) < 4.78 is 0. The molecule has 0 aliphatic carbocycles. The molecule has 2 nitrogen and oxygen atoms in total. The molecule has 0 radical (unpaired) electrons. The van der Waals surface area contributed by atoms with Crippen LogP contribution in [-0.2, 0) is 0 Å². The molecule has 1 aromatic heterocycles. The van der Waals surface area contributed by atoms with E-state index >= 15 is 0 Å². The maximum Gasteiger partial charge on any atom is 0.0739 e. The molecule has 0 saturated heterocycles. The maximum atomic E-state index is 4.65. The van der Waals surface area contributed by atoms with Crippen LogP contribution in [0.4, 0.5) is 0 Å². The van der Waals surface area contributed by atoms with E-state index in [1.165, 1.54) is 22.3 Å². The van der Waals surface area contributed by atoms with Crippen molar-refractivity contribution in [3.63, 3.8) is 0 Å². The van der Waals surface area contributed by atoms with Crippen LogP contribution in [0.1, 0.15) is 59.7 Å². The highest BCUT2D eigenvalue weighted by Crippen LogP contribution is 2.27. The SMILES string of the molecule is CCC(C)c1ncccc1C(=NC)c1c(C)ccc(C)c1C. The lowest BCUT2D eigenvalue weighted by atomic mass is 9.88. The summed E-state index contributed by atoms with van der Waals surface area (Å²) in [5, 5.41) is 0. The average Bonchev–Trinajstić information content (AvgIpc) is 2.54. The quantitative estimate of drug-likeness (QED) is 0.729. The number of benzene rings is 1. The Balaban J connectivity index is 2.69. The molecule has 1 unspecified atom stereocenters. The second-order valence-electron chi connectivity index (χ2n) is 6.02. The lowest BCUT2D eigenvalue weighted by Gasteiger charge is -2.19. The summed E-state index contributed by atoms with van der Waals surface area (Å²) in [5.74, 6) is 0.429. The highest BCUT2D eigenvalue weighted by atomic mass is 14.7. The molecule has 116 valence electrons. The molecule has 0 bridgehead atoms. The van der Waals surface area contributed by atoms with E-state index in [0.717, 1.165) is 23.4 Å². The van der Waals surface area contributed by atoms with Crippen LogP contribution in [0.15, 0.2) is 35.5 Å². The molecule has 2 heteroatoms. The van der Waals surface area contributed by atoms with Crippen LogP contribution < -0.4 is 0 Å². The molecule has 0 aliphatic heterocycles. The van der Waals surface area contributed by atoms with Gasteiger partial charge in [-0.1, -0.05) is 26.0 Å². The molecule has 1 heterocycles. The zero-order valence-electron chi connectivity index (χ0n) is 14.6. The van der Waals surface area contributed by atoms with Crippen molar-refractivity contribution in [3.05, 3.63) is 64.0 Å². The molecule has 0 N–H and O–H groups in total. The highest BCUT2D eigenvalue weighted by Gasteiger charge is 2.19. The molecule has 1 atom stereocenters. The Hall–Kier alpha value is -1.96.